The Morgan fingerprint density at radius 3 is 1.55 bits per heavy atom. The van der Waals surface area contributed by atoms with Gasteiger partial charge in [-0.05, 0) is 75.9 Å². The second-order valence-electron chi connectivity index (χ2n) is 9.94. The number of ketones is 4. The molecule has 0 radical (unpaired) electrons. The second-order valence-corrected chi connectivity index (χ2v) is 10.3. The SMILES string of the molecule is O=C1C(=CC2=C(Cl)C(=CC3C(=O)c4cc5ccccc5cc4C3=O)CC2)C(=O)c2cc3ccccc3cc21. The third kappa shape index (κ3) is 3.30. The van der Waals surface area contributed by atoms with Crippen molar-refractivity contribution in [3.8, 4) is 0 Å². The quantitative estimate of drug-likeness (QED) is 0.161. The molecule has 0 N–H and O–H groups in total. The number of rotatable bonds is 2. The first-order chi connectivity index (χ1) is 18.4. The van der Waals surface area contributed by atoms with Crippen LogP contribution in [0, 0.1) is 5.92 Å². The molecule has 0 spiro atoms. The predicted octanol–water partition coefficient (Wildman–Crippen LogP) is 7.21. The van der Waals surface area contributed by atoms with Crippen molar-refractivity contribution < 1.29 is 19.2 Å². The molecule has 0 bridgehead atoms. The lowest BCUT2D eigenvalue weighted by Crippen LogP contribution is -2.12. The number of hydrogen-bond donors (Lipinski definition) is 0. The molecule has 0 fully saturated rings. The van der Waals surface area contributed by atoms with Crippen LogP contribution in [-0.4, -0.2) is 23.1 Å². The minimum absolute atomic E-state index is 0.0943. The summed E-state index contributed by atoms with van der Waals surface area (Å²) in [5.74, 6) is -2.02. The molecule has 7 rings (SSSR count). The molecule has 5 heteroatoms. The first-order valence-corrected chi connectivity index (χ1v) is 12.8. The number of hydrogen-bond acceptors (Lipinski definition) is 4. The summed E-state index contributed by atoms with van der Waals surface area (Å²) >= 11 is 6.71. The maximum Gasteiger partial charge on any atom is 0.197 e. The number of allylic oxidation sites excluding steroid dienone is 6. The van der Waals surface area contributed by atoms with Crippen molar-refractivity contribution in [3.63, 3.8) is 0 Å². The number of carbonyl (C=O) groups is 4. The minimum atomic E-state index is -0.927. The van der Waals surface area contributed by atoms with E-state index in [4.69, 9.17) is 11.6 Å². The van der Waals surface area contributed by atoms with Crippen LogP contribution >= 0.6 is 11.6 Å². The highest BCUT2D eigenvalue weighted by Gasteiger charge is 2.39. The second kappa shape index (κ2) is 8.30. The fourth-order valence-electron chi connectivity index (χ4n) is 5.76. The van der Waals surface area contributed by atoms with E-state index in [0.717, 1.165) is 21.5 Å². The smallest absolute Gasteiger partial charge is 0.197 e. The van der Waals surface area contributed by atoms with Gasteiger partial charge in [0.1, 0.15) is 5.92 Å². The van der Waals surface area contributed by atoms with E-state index in [-0.39, 0.29) is 28.7 Å². The standard InChI is InChI=1S/C33H19ClO4/c34-29-21(15-27-30(35)23-11-17-5-1-2-6-18(17)12-24(23)31(27)36)9-10-22(29)16-28-32(37)25-13-19-7-3-4-8-20(19)14-26(25)33(28)38/h1-8,11-16,27H,9-10H2. The number of benzene rings is 4. The van der Waals surface area contributed by atoms with Crippen LogP contribution in [-0.2, 0) is 0 Å². The van der Waals surface area contributed by atoms with Crippen molar-refractivity contribution in [3.05, 3.63) is 129 Å². The van der Waals surface area contributed by atoms with Crippen LogP contribution in [0.3, 0.4) is 0 Å². The fraction of sp³-hybridized carbons (Fsp3) is 0.0909. The molecule has 0 amide bonds. The van der Waals surface area contributed by atoms with Gasteiger partial charge in [0.25, 0.3) is 0 Å². The van der Waals surface area contributed by atoms with Gasteiger partial charge >= 0.3 is 0 Å². The predicted molar refractivity (Wildman–Crippen MR) is 147 cm³/mol. The Labute approximate surface area is 222 Å². The van der Waals surface area contributed by atoms with Crippen LogP contribution in [0.15, 0.2) is 107 Å². The zero-order valence-electron chi connectivity index (χ0n) is 20.1. The van der Waals surface area contributed by atoms with E-state index in [1.54, 1.807) is 36.4 Å². The van der Waals surface area contributed by atoms with Crippen LogP contribution in [0.1, 0.15) is 54.3 Å². The lowest BCUT2D eigenvalue weighted by molar-refractivity contribution is 0.0869. The molecular weight excluding hydrogens is 496 g/mol. The molecule has 4 aromatic rings. The van der Waals surface area contributed by atoms with E-state index in [1.807, 2.05) is 48.5 Å². The summed E-state index contributed by atoms with van der Waals surface area (Å²) in [7, 11) is 0. The molecule has 38 heavy (non-hydrogen) atoms. The first kappa shape index (κ1) is 22.8. The van der Waals surface area contributed by atoms with Gasteiger partial charge in [0.2, 0.25) is 0 Å². The van der Waals surface area contributed by atoms with Gasteiger partial charge in [-0.3, -0.25) is 19.2 Å². The number of fused-ring (bicyclic) bond motifs is 4. The Morgan fingerprint density at radius 1 is 0.632 bits per heavy atom. The highest BCUT2D eigenvalue weighted by molar-refractivity contribution is 6.40. The lowest BCUT2D eigenvalue weighted by atomic mass is 10.00. The highest BCUT2D eigenvalue weighted by atomic mass is 35.5. The van der Waals surface area contributed by atoms with Gasteiger partial charge in [-0.2, -0.15) is 0 Å². The van der Waals surface area contributed by atoms with Crippen molar-refractivity contribution in [1.29, 1.82) is 0 Å². The molecular formula is C33H19ClO4. The molecule has 4 nitrogen and oxygen atoms in total. The van der Waals surface area contributed by atoms with E-state index in [1.165, 1.54) is 0 Å². The number of carbonyl (C=O) groups excluding carboxylic acids is 4. The molecule has 0 atom stereocenters. The van der Waals surface area contributed by atoms with E-state index in [0.29, 0.717) is 51.3 Å². The topological polar surface area (TPSA) is 68.3 Å². The summed E-state index contributed by atoms with van der Waals surface area (Å²) in [5, 5.41) is 4.01. The largest absolute Gasteiger partial charge is 0.293 e. The summed E-state index contributed by atoms with van der Waals surface area (Å²) in [6.07, 6.45) is 4.27. The third-order valence-corrected chi connectivity index (χ3v) is 8.25. The number of halogens is 1. The van der Waals surface area contributed by atoms with Crippen molar-refractivity contribution in [2.45, 2.75) is 12.8 Å². The molecule has 0 aromatic heterocycles. The van der Waals surface area contributed by atoms with Crippen molar-refractivity contribution in [2.24, 2.45) is 5.92 Å². The van der Waals surface area contributed by atoms with Crippen molar-refractivity contribution >= 4 is 56.3 Å². The summed E-state index contributed by atoms with van der Waals surface area (Å²) in [6.45, 7) is 0. The van der Waals surface area contributed by atoms with Gasteiger partial charge < -0.3 is 0 Å². The maximum absolute atomic E-state index is 13.2. The van der Waals surface area contributed by atoms with Crippen LogP contribution in [0.4, 0.5) is 0 Å². The molecule has 0 unspecified atom stereocenters. The third-order valence-electron chi connectivity index (χ3n) is 7.76. The maximum atomic E-state index is 13.2. The van der Waals surface area contributed by atoms with Gasteiger partial charge in [0, 0.05) is 27.3 Å². The Morgan fingerprint density at radius 2 is 1.08 bits per heavy atom. The van der Waals surface area contributed by atoms with Gasteiger partial charge in [0.05, 0.1) is 5.57 Å². The average molecular weight is 515 g/mol. The number of Topliss-reactive ketones (excluding diaryl/α,β-unsaturated/α-hetero) is 4. The summed E-state index contributed by atoms with van der Waals surface area (Å²) in [6, 6.07) is 22.3. The van der Waals surface area contributed by atoms with Crippen LogP contribution in [0.25, 0.3) is 21.5 Å². The molecule has 182 valence electrons. The Kier molecular flexibility index (Phi) is 4.97. The van der Waals surface area contributed by atoms with Gasteiger partial charge in [-0.15, -0.1) is 0 Å². The van der Waals surface area contributed by atoms with Crippen LogP contribution < -0.4 is 0 Å². The summed E-state index contributed by atoms with van der Waals surface area (Å²) in [5.41, 5.74) is 3.11. The molecule has 3 aliphatic rings. The van der Waals surface area contributed by atoms with E-state index >= 15 is 0 Å². The Bertz CT molecular complexity index is 1790. The first-order valence-electron chi connectivity index (χ1n) is 12.5. The van der Waals surface area contributed by atoms with Crippen molar-refractivity contribution in [1.82, 2.24) is 0 Å². The van der Waals surface area contributed by atoms with E-state index in [9.17, 15) is 19.2 Å². The van der Waals surface area contributed by atoms with E-state index in [2.05, 4.69) is 0 Å². The monoisotopic (exact) mass is 514 g/mol. The molecule has 4 aromatic carbocycles. The normalized spacial score (nSPS) is 18.4. The lowest BCUT2D eigenvalue weighted by Gasteiger charge is -2.03. The summed E-state index contributed by atoms with van der Waals surface area (Å²) in [4.78, 5) is 52.7. The fourth-order valence-corrected chi connectivity index (χ4v) is 6.06. The van der Waals surface area contributed by atoms with E-state index < -0.39 is 5.92 Å². The van der Waals surface area contributed by atoms with Gasteiger partial charge in [-0.1, -0.05) is 66.2 Å². The van der Waals surface area contributed by atoms with Crippen LogP contribution in [0.2, 0.25) is 0 Å². The molecule has 0 heterocycles. The minimum Gasteiger partial charge on any atom is -0.293 e. The highest BCUT2D eigenvalue weighted by Crippen LogP contribution is 2.40. The zero-order valence-corrected chi connectivity index (χ0v) is 20.8. The molecule has 0 saturated heterocycles. The molecule has 0 aliphatic heterocycles. The summed E-state index contributed by atoms with van der Waals surface area (Å²) < 4.78 is 0. The van der Waals surface area contributed by atoms with Gasteiger partial charge in [-0.25, -0.2) is 0 Å². The Balaban J connectivity index is 1.22. The molecule has 3 aliphatic carbocycles. The zero-order chi connectivity index (χ0) is 26.1. The van der Waals surface area contributed by atoms with Gasteiger partial charge in [0.15, 0.2) is 23.1 Å². The van der Waals surface area contributed by atoms with Crippen molar-refractivity contribution in [2.75, 3.05) is 0 Å². The molecule has 0 saturated carbocycles. The average Bonchev–Trinajstić information content (AvgIpc) is 3.48. The van der Waals surface area contributed by atoms with Crippen LogP contribution in [0.5, 0.6) is 0 Å². The Hall–Kier alpha value is -4.41.